The molecule has 0 aromatic heterocycles. The van der Waals surface area contributed by atoms with Gasteiger partial charge in [0.2, 0.25) is 0 Å². The predicted molar refractivity (Wildman–Crippen MR) is 306 cm³/mol. The van der Waals surface area contributed by atoms with Gasteiger partial charge in [-0.05, 0) is 182 Å². The third-order valence-corrected chi connectivity index (χ3v) is 11.6. The maximum Gasteiger partial charge on any atom is 0.335 e. The Morgan fingerprint density at radius 2 is 0.623 bits per heavy atom. The molecular formula is C64H82O13. The van der Waals surface area contributed by atoms with Gasteiger partial charge < -0.3 is 44.8 Å². The molecule has 6 aromatic rings. The molecule has 0 spiro atoms. The Hall–Kier alpha value is -7.80. The first-order valence-corrected chi connectivity index (χ1v) is 26.0. The fourth-order valence-electron chi connectivity index (χ4n) is 7.47. The van der Waals surface area contributed by atoms with Gasteiger partial charge in [0.25, 0.3) is 0 Å². The number of aromatic carboxylic acids is 4. The van der Waals surface area contributed by atoms with Crippen LogP contribution in [0.15, 0.2) is 121 Å². The molecule has 0 radical (unpaired) electrons. The first-order chi connectivity index (χ1) is 36.0. The summed E-state index contributed by atoms with van der Waals surface area (Å²) in [6.45, 7) is 33.2. The van der Waals surface area contributed by atoms with Crippen LogP contribution in [-0.2, 0) is 0 Å². The molecule has 0 bridgehead atoms. The third kappa shape index (κ3) is 21.4. The second-order valence-corrected chi connectivity index (χ2v) is 20.7. The lowest BCUT2D eigenvalue weighted by Crippen LogP contribution is -2.12. The number of phenols is 2. The summed E-state index contributed by atoms with van der Waals surface area (Å²) in [7, 11) is 0. The van der Waals surface area contributed by atoms with Gasteiger partial charge >= 0.3 is 23.9 Å². The third-order valence-electron chi connectivity index (χ3n) is 11.6. The maximum absolute atomic E-state index is 11.2. The standard InChI is InChI=1S/C16H24O3.C15H24O.C14H10O5.C10H12O3.C9H12O/c1-9(2)13-7-12(16(17)18)8-14(10(3)4)15(13)19-11(5)6;1-10(2)13-8-7-9-14(11(3)4)15(13)16-12(5)6;15-13(16)9-1-5-11(6-2-9)19-12-7-3-10(4-8-12)14(17)18;1-6(2)8-5-7(10(12)13)3-4-9(8)11;1-7(2)8-5-3-4-6-9(8)10/h7-11H,1-6H3,(H,17,18);7-12H,1-6H3;1-8H,(H,15,16)(H,17,18);3-6,11H,1-2H3,(H,12,13);3-7,10H,1-2H3. The SMILES string of the molecule is CC(C)Oc1c(C(C)C)cc(C(=O)O)cc1C(C)C.CC(C)Oc1c(C(C)C)cccc1C(C)C.CC(C)c1cc(C(=O)O)ccc1O.CC(C)c1ccccc1O.O=C(O)c1ccc(Oc2ccc(C(=O)O)cc2)cc1. The second kappa shape index (κ2) is 31.3. The molecular weight excluding hydrogens is 977 g/mol. The van der Waals surface area contributed by atoms with Gasteiger partial charge in [-0.15, -0.1) is 0 Å². The highest BCUT2D eigenvalue weighted by Crippen LogP contribution is 2.38. The topological polar surface area (TPSA) is 217 Å². The highest BCUT2D eigenvalue weighted by Gasteiger charge is 2.21. The van der Waals surface area contributed by atoms with E-state index in [-0.39, 0.29) is 52.4 Å². The molecule has 0 heterocycles. The van der Waals surface area contributed by atoms with Crippen LogP contribution in [-0.4, -0.2) is 66.7 Å². The first-order valence-electron chi connectivity index (χ1n) is 26.0. The summed E-state index contributed by atoms with van der Waals surface area (Å²) in [5.74, 6) is 1.60. The summed E-state index contributed by atoms with van der Waals surface area (Å²) in [6.07, 6.45) is 0.308. The normalized spacial score (nSPS) is 10.8. The Labute approximate surface area is 456 Å². The maximum atomic E-state index is 11.2. The smallest absolute Gasteiger partial charge is 0.335 e. The average Bonchev–Trinajstić information content (AvgIpc) is 3.34. The van der Waals surface area contributed by atoms with Gasteiger partial charge in [0, 0.05) is 0 Å². The zero-order valence-corrected chi connectivity index (χ0v) is 47.7. The Morgan fingerprint density at radius 1 is 0.325 bits per heavy atom. The number of rotatable bonds is 16. The number of para-hydroxylation sites is 2. The van der Waals surface area contributed by atoms with Crippen molar-refractivity contribution in [1.29, 1.82) is 0 Å². The molecule has 6 N–H and O–H groups in total. The van der Waals surface area contributed by atoms with Crippen molar-refractivity contribution in [3.8, 4) is 34.5 Å². The molecule has 0 saturated carbocycles. The first kappa shape index (κ1) is 65.3. The van der Waals surface area contributed by atoms with E-state index < -0.39 is 23.9 Å². The summed E-state index contributed by atoms with van der Waals surface area (Å²) in [6, 6.07) is 33.6. The Kier molecular flexibility index (Phi) is 26.5. The fourth-order valence-corrected chi connectivity index (χ4v) is 7.47. The molecule has 416 valence electrons. The van der Waals surface area contributed by atoms with E-state index in [0.29, 0.717) is 46.1 Å². The lowest BCUT2D eigenvalue weighted by atomic mass is 9.91. The van der Waals surface area contributed by atoms with E-state index in [2.05, 4.69) is 101 Å². The molecule has 0 aliphatic carbocycles. The summed E-state index contributed by atoms with van der Waals surface area (Å²) in [5, 5.41) is 54.1. The summed E-state index contributed by atoms with van der Waals surface area (Å²) >= 11 is 0. The monoisotopic (exact) mass is 1060 g/mol. The minimum absolute atomic E-state index is 0.0747. The van der Waals surface area contributed by atoms with Gasteiger partial charge in [-0.3, -0.25) is 0 Å². The van der Waals surface area contributed by atoms with Gasteiger partial charge in [0.1, 0.15) is 34.5 Å². The zero-order chi connectivity index (χ0) is 58.4. The van der Waals surface area contributed by atoms with E-state index in [1.165, 1.54) is 77.9 Å². The van der Waals surface area contributed by atoms with E-state index in [4.69, 9.17) is 29.5 Å². The van der Waals surface area contributed by atoms with Crippen LogP contribution in [0.5, 0.6) is 34.5 Å². The highest BCUT2D eigenvalue weighted by atomic mass is 16.5. The predicted octanol–water partition coefficient (Wildman–Crippen LogP) is 16.7. The minimum Gasteiger partial charge on any atom is -0.508 e. The molecule has 6 rings (SSSR count). The molecule has 0 aliphatic rings. The van der Waals surface area contributed by atoms with E-state index in [1.54, 1.807) is 18.2 Å². The number of aromatic hydroxyl groups is 2. The van der Waals surface area contributed by atoms with Gasteiger partial charge in [0.15, 0.2) is 0 Å². The van der Waals surface area contributed by atoms with Crippen molar-refractivity contribution < 1.29 is 64.0 Å². The van der Waals surface area contributed by atoms with Crippen molar-refractivity contribution in [3.05, 3.63) is 177 Å². The fraction of sp³-hybridized carbons (Fsp3) is 0.375. The van der Waals surface area contributed by atoms with Crippen LogP contribution < -0.4 is 14.2 Å². The average molecular weight is 1060 g/mol. The van der Waals surface area contributed by atoms with Crippen molar-refractivity contribution in [3.63, 3.8) is 0 Å². The molecule has 0 amide bonds. The molecule has 13 heteroatoms. The number of benzene rings is 6. The van der Waals surface area contributed by atoms with Crippen molar-refractivity contribution in [1.82, 2.24) is 0 Å². The largest absolute Gasteiger partial charge is 0.508 e. The van der Waals surface area contributed by atoms with Crippen LogP contribution in [0, 0.1) is 0 Å². The Balaban J connectivity index is 0.000000335. The number of carboxylic acid groups (broad SMARTS) is 4. The lowest BCUT2D eigenvalue weighted by molar-refractivity contribution is 0.0685. The van der Waals surface area contributed by atoms with Crippen molar-refractivity contribution in [2.75, 3.05) is 0 Å². The number of carboxylic acids is 4. The molecule has 13 nitrogen and oxygen atoms in total. The molecule has 0 saturated heterocycles. The summed E-state index contributed by atoms with van der Waals surface area (Å²) in [5.41, 5.74) is 7.16. The second-order valence-electron chi connectivity index (χ2n) is 20.7. The Bertz CT molecular complexity index is 2710. The molecule has 0 aliphatic heterocycles. The van der Waals surface area contributed by atoms with Crippen LogP contribution >= 0.6 is 0 Å². The lowest BCUT2D eigenvalue weighted by Gasteiger charge is -2.22. The van der Waals surface area contributed by atoms with E-state index in [0.717, 1.165) is 28.2 Å². The van der Waals surface area contributed by atoms with Crippen LogP contribution in [0.1, 0.15) is 221 Å². The Morgan fingerprint density at radius 3 is 0.935 bits per heavy atom. The number of carbonyl (C=O) groups is 4. The number of hydrogen-bond donors (Lipinski definition) is 6. The molecule has 0 unspecified atom stereocenters. The van der Waals surface area contributed by atoms with Crippen LogP contribution in [0.2, 0.25) is 0 Å². The van der Waals surface area contributed by atoms with Gasteiger partial charge in [-0.2, -0.15) is 0 Å². The van der Waals surface area contributed by atoms with Crippen molar-refractivity contribution in [2.24, 2.45) is 0 Å². The minimum atomic E-state index is -1.00. The number of hydrogen-bond acceptors (Lipinski definition) is 9. The van der Waals surface area contributed by atoms with Gasteiger partial charge in [0.05, 0.1) is 34.5 Å². The highest BCUT2D eigenvalue weighted by molar-refractivity contribution is 5.89. The summed E-state index contributed by atoms with van der Waals surface area (Å²) < 4.78 is 17.4. The van der Waals surface area contributed by atoms with E-state index in [1.807, 2.05) is 45.9 Å². The van der Waals surface area contributed by atoms with E-state index in [9.17, 15) is 34.5 Å². The quantitative estimate of drug-likeness (QED) is 0.0532. The van der Waals surface area contributed by atoms with Gasteiger partial charge in [-0.1, -0.05) is 119 Å². The van der Waals surface area contributed by atoms with Gasteiger partial charge in [-0.25, -0.2) is 19.2 Å². The number of ether oxygens (including phenoxy) is 3. The van der Waals surface area contributed by atoms with Crippen molar-refractivity contribution >= 4 is 23.9 Å². The molecule has 77 heavy (non-hydrogen) atoms. The number of phenolic OH excluding ortho intramolecular Hbond substituents is 2. The molecule has 0 atom stereocenters. The molecule has 0 fully saturated rings. The van der Waals surface area contributed by atoms with E-state index >= 15 is 0 Å². The molecule has 6 aromatic carbocycles. The van der Waals surface area contributed by atoms with Crippen LogP contribution in [0.25, 0.3) is 0 Å². The van der Waals surface area contributed by atoms with Crippen LogP contribution in [0.4, 0.5) is 0 Å². The van der Waals surface area contributed by atoms with Crippen molar-refractivity contribution in [2.45, 2.75) is 158 Å². The zero-order valence-electron chi connectivity index (χ0n) is 47.7. The summed E-state index contributed by atoms with van der Waals surface area (Å²) in [4.78, 5) is 43.2. The van der Waals surface area contributed by atoms with Crippen LogP contribution in [0.3, 0.4) is 0 Å².